The SMILES string of the molecule is COCC(C)NC(=O)Cn1cnc2scc(-c3ccccc3)c2c1=O. The maximum absolute atomic E-state index is 12.9. The molecule has 0 aliphatic carbocycles. The summed E-state index contributed by atoms with van der Waals surface area (Å²) in [7, 11) is 1.58. The summed E-state index contributed by atoms with van der Waals surface area (Å²) in [6.07, 6.45) is 1.43. The molecule has 0 radical (unpaired) electrons. The van der Waals surface area contributed by atoms with Crippen LogP contribution < -0.4 is 10.9 Å². The van der Waals surface area contributed by atoms with Gasteiger partial charge in [0.25, 0.3) is 5.56 Å². The smallest absolute Gasteiger partial charge is 0.263 e. The van der Waals surface area contributed by atoms with Crippen molar-refractivity contribution < 1.29 is 9.53 Å². The Morgan fingerprint density at radius 1 is 1.36 bits per heavy atom. The Labute approximate surface area is 149 Å². The average molecular weight is 357 g/mol. The molecule has 7 heteroatoms. The summed E-state index contributed by atoms with van der Waals surface area (Å²) >= 11 is 1.43. The van der Waals surface area contributed by atoms with Crippen LogP contribution in [0.25, 0.3) is 21.3 Å². The van der Waals surface area contributed by atoms with Crippen molar-refractivity contribution in [2.24, 2.45) is 0 Å². The number of carbonyl (C=O) groups is 1. The van der Waals surface area contributed by atoms with Gasteiger partial charge in [-0.15, -0.1) is 11.3 Å². The van der Waals surface area contributed by atoms with Crippen molar-refractivity contribution in [3.63, 3.8) is 0 Å². The van der Waals surface area contributed by atoms with E-state index in [1.807, 2.05) is 42.6 Å². The summed E-state index contributed by atoms with van der Waals surface area (Å²) in [5.41, 5.74) is 1.60. The molecule has 0 aliphatic rings. The van der Waals surface area contributed by atoms with E-state index in [4.69, 9.17) is 4.74 Å². The van der Waals surface area contributed by atoms with Gasteiger partial charge in [-0.1, -0.05) is 30.3 Å². The van der Waals surface area contributed by atoms with Gasteiger partial charge in [0, 0.05) is 24.1 Å². The van der Waals surface area contributed by atoms with Gasteiger partial charge in [0.1, 0.15) is 11.4 Å². The molecule has 1 N–H and O–H groups in total. The first-order valence-corrected chi connectivity index (χ1v) is 8.78. The van der Waals surface area contributed by atoms with Gasteiger partial charge in [-0.3, -0.25) is 14.2 Å². The van der Waals surface area contributed by atoms with Gasteiger partial charge >= 0.3 is 0 Å². The first kappa shape index (κ1) is 17.3. The molecule has 3 aromatic rings. The normalized spacial score (nSPS) is 12.2. The molecule has 1 amide bonds. The lowest BCUT2D eigenvalue weighted by atomic mass is 10.1. The Hall–Kier alpha value is -2.51. The minimum Gasteiger partial charge on any atom is -0.383 e. The fraction of sp³-hybridized carbons (Fsp3) is 0.278. The zero-order valence-corrected chi connectivity index (χ0v) is 14.9. The van der Waals surface area contributed by atoms with E-state index in [2.05, 4.69) is 10.3 Å². The summed E-state index contributed by atoms with van der Waals surface area (Å²) in [6, 6.07) is 9.58. The van der Waals surface area contributed by atoms with E-state index in [0.717, 1.165) is 11.1 Å². The van der Waals surface area contributed by atoms with Gasteiger partial charge in [-0.2, -0.15) is 0 Å². The van der Waals surface area contributed by atoms with Crippen LogP contribution in [0, 0.1) is 0 Å². The van der Waals surface area contributed by atoms with Crippen LogP contribution in [0.15, 0.2) is 46.8 Å². The van der Waals surface area contributed by atoms with Crippen LogP contribution in [-0.2, 0) is 16.1 Å². The van der Waals surface area contributed by atoms with E-state index in [1.165, 1.54) is 22.2 Å². The topological polar surface area (TPSA) is 73.2 Å². The Morgan fingerprint density at radius 3 is 2.84 bits per heavy atom. The molecule has 25 heavy (non-hydrogen) atoms. The Morgan fingerprint density at radius 2 is 2.12 bits per heavy atom. The third kappa shape index (κ3) is 3.78. The predicted octanol–water partition coefficient (Wildman–Crippen LogP) is 2.28. The van der Waals surface area contributed by atoms with Crippen LogP contribution in [0.4, 0.5) is 0 Å². The molecule has 0 aliphatic heterocycles. The number of aromatic nitrogens is 2. The van der Waals surface area contributed by atoms with Crippen LogP contribution in [0.5, 0.6) is 0 Å². The summed E-state index contributed by atoms with van der Waals surface area (Å²) in [4.78, 5) is 30.0. The van der Waals surface area contributed by atoms with Crippen molar-refractivity contribution >= 4 is 27.5 Å². The molecule has 0 saturated heterocycles. The van der Waals surface area contributed by atoms with E-state index in [-0.39, 0.29) is 24.1 Å². The van der Waals surface area contributed by atoms with E-state index < -0.39 is 0 Å². The number of thiophene rings is 1. The number of rotatable bonds is 6. The van der Waals surface area contributed by atoms with Crippen molar-refractivity contribution in [1.29, 1.82) is 0 Å². The number of carbonyl (C=O) groups excluding carboxylic acids is 1. The second-order valence-electron chi connectivity index (χ2n) is 5.80. The van der Waals surface area contributed by atoms with Crippen LogP contribution in [-0.4, -0.2) is 35.2 Å². The minimum absolute atomic E-state index is 0.0695. The van der Waals surface area contributed by atoms with Gasteiger partial charge in [0.05, 0.1) is 18.3 Å². The highest BCUT2D eigenvalue weighted by atomic mass is 32.1. The maximum atomic E-state index is 12.9. The van der Waals surface area contributed by atoms with Crippen LogP contribution >= 0.6 is 11.3 Å². The minimum atomic E-state index is -0.246. The summed E-state index contributed by atoms with van der Waals surface area (Å²) in [5.74, 6) is -0.246. The lowest BCUT2D eigenvalue weighted by Gasteiger charge is -2.13. The molecule has 0 bridgehead atoms. The van der Waals surface area contributed by atoms with Crippen molar-refractivity contribution in [2.45, 2.75) is 19.5 Å². The zero-order chi connectivity index (χ0) is 17.8. The monoisotopic (exact) mass is 357 g/mol. The number of fused-ring (bicyclic) bond motifs is 1. The summed E-state index contributed by atoms with van der Waals surface area (Å²) < 4.78 is 6.34. The number of hydrogen-bond donors (Lipinski definition) is 1. The fourth-order valence-electron chi connectivity index (χ4n) is 2.68. The standard InChI is InChI=1S/C18H19N3O3S/c1-12(9-24-2)20-15(22)8-21-11-19-17-16(18(21)23)14(10-25-17)13-6-4-3-5-7-13/h3-7,10-12H,8-9H2,1-2H3,(H,20,22). The second-order valence-corrected chi connectivity index (χ2v) is 6.66. The second kappa shape index (κ2) is 7.58. The molecule has 3 rings (SSSR count). The molecule has 0 fully saturated rings. The predicted molar refractivity (Wildman–Crippen MR) is 98.8 cm³/mol. The molecule has 2 aromatic heterocycles. The number of amides is 1. The number of ether oxygens (including phenoxy) is 1. The van der Waals surface area contributed by atoms with Gasteiger partial charge in [0.2, 0.25) is 5.91 Å². The summed E-state index contributed by atoms with van der Waals surface area (Å²) in [6.45, 7) is 2.19. The Bertz CT molecular complexity index is 934. The molecule has 1 unspecified atom stereocenters. The number of hydrogen-bond acceptors (Lipinski definition) is 5. The first-order chi connectivity index (χ1) is 12.1. The third-order valence-electron chi connectivity index (χ3n) is 3.78. The van der Waals surface area contributed by atoms with Crippen molar-refractivity contribution in [3.8, 4) is 11.1 Å². The lowest BCUT2D eigenvalue weighted by Crippen LogP contribution is -2.39. The van der Waals surface area contributed by atoms with E-state index in [1.54, 1.807) is 7.11 Å². The Kier molecular flexibility index (Phi) is 5.25. The lowest BCUT2D eigenvalue weighted by molar-refractivity contribution is -0.122. The number of methoxy groups -OCH3 is 1. The van der Waals surface area contributed by atoms with E-state index >= 15 is 0 Å². The molecule has 1 aromatic carbocycles. The largest absolute Gasteiger partial charge is 0.383 e. The highest BCUT2D eigenvalue weighted by Gasteiger charge is 2.15. The zero-order valence-electron chi connectivity index (χ0n) is 14.1. The maximum Gasteiger partial charge on any atom is 0.263 e. The molecule has 6 nitrogen and oxygen atoms in total. The molecular formula is C18H19N3O3S. The highest BCUT2D eigenvalue weighted by molar-refractivity contribution is 7.17. The highest BCUT2D eigenvalue weighted by Crippen LogP contribution is 2.30. The van der Waals surface area contributed by atoms with Crippen molar-refractivity contribution in [3.05, 3.63) is 52.4 Å². The van der Waals surface area contributed by atoms with Gasteiger partial charge < -0.3 is 10.1 Å². The molecule has 130 valence electrons. The molecule has 0 saturated carbocycles. The van der Waals surface area contributed by atoms with Crippen LogP contribution in [0.2, 0.25) is 0 Å². The van der Waals surface area contributed by atoms with Gasteiger partial charge in [-0.05, 0) is 12.5 Å². The van der Waals surface area contributed by atoms with Crippen molar-refractivity contribution in [2.75, 3.05) is 13.7 Å². The van der Waals surface area contributed by atoms with Crippen LogP contribution in [0.1, 0.15) is 6.92 Å². The molecule has 0 spiro atoms. The fourth-order valence-corrected chi connectivity index (χ4v) is 3.58. The number of nitrogens with zero attached hydrogens (tertiary/aromatic N) is 2. The van der Waals surface area contributed by atoms with E-state index in [0.29, 0.717) is 16.8 Å². The number of benzene rings is 1. The van der Waals surface area contributed by atoms with Crippen LogP contribution in [0.3, 0.4) is 0 Å². The first-order valence-electron chi connectivity index (χ1n) is 7.90. The number of nitrogens with one attached hydrogen (secondary N) is 1. The quantitative estimate of drug-likeness (QED) is 0.734. The third-order valence-corrected chi connectivity index (χ3v) is 4.67. The molecule has 2 heterocycles. The van der Waals surface area contributed by atoms with Crippen molar-refractivity contribution in [1.82, 2.24) is 14.9 Å². The molecule has 1 atom stereocenters. The van der Waals surface area contributed by atoms with Gasteiger partial charge in [0.15, 0.2) is 0 Å². The summed E-state index contributed by atoms with van der Waals surface area (Å²) in [5, 5.41) is 5.28. The van der Waals surface area contributed by atoms with E-state index in [9.17, 15) is 9.59 Å². The average Bonchev–Trinajstić information content (AvgIpc) is 3.03. The molecular weight excluding hydrogens is 338 g/mol. The Balaban J connectivity index is 1.92. The van der Waals surface area contributed by atoms with Gasteiger partial charge in [-0.25, -0.2) is 4.98 Å².